The van der Waals surface area contributed by atoms with Gasteiger partial charge in [0.2, 0.25) is 5.76 Å². The summed E-state index contributed by atoms with van der Waals surface area (Å²) in [6.07, 6.45) is 4.78. The van der Waals surface area contributed by atoms with E-state index in [1.54, 1.807) is 12.1 Å². The van der Waals surface area contributed by atoms with Crippen LogP contribution in [0.15, 0.2) is 45.0 Å². The number of aromatic nitrogens is 1. The summed E-state index contributed by atoms with van der Waals surface area (Å²) in [6.45, 7) is 0. The van der Waals surface area contributed by atoms with E-state index >= 15 is 0 Å². The van der Waals surface area contributed by atoms with Crippen molar-refractivity contribution in [2.24, 2.45) is 0 Å². The minimum atomic E-state index is -0.0335. The molecule has 2 fully saturated rings. The van der Waals surface area contributed by atoms with Crippen LogP contribution in [0.1, 0.15) is 35.4 Å². The predicted molar refractivity (Wildman–Crippen MR) is 87.6 cm³/mol. The fourth-order valence-corrected chi connectivity index (χ4v) is 4.08. The fourth-order valence-electron chi connectivity index (χ4n) is 3.37. The molecule has 24 heavy (non-hydrogen) atoms. The maximum atomic E-state index is 12.4. The van der Waals surface area contributed by atoms with Crippen molar-refractivity contribution in [2.75, 3.05) is 0 Å². The number of nitrogens with zero attached hydrogens (tertiary/aromatic N) is 2. The molecular formula is C17H16N4O2S. The molecule has 0 radical (unpaired) electrons. The molecule has 3 heterocycles. The SMILES string of the molecule is N#Cc1cnc(Sc2ccc(C(=O)NC3CC4CCC3N4)cc2)o1. The van der Waals surface area contributed by atoms with Crippen LogP contribution in [0.4, 0.5) is 0 Å². The average molecular weight is 340 g/mol. The van der Waals surface area contributed by atoms with Gasteiger partial charge >= 0.3 is 0 Å². The second kappa shape index (κ2) is 6.30. The van der Waals surface area contributed by atoms with Gasteiger partial charge < -0.3 is 15.1 Å². The van der Waals surface area contributed by atoms with E-state index in [1.165, 1.54) is 24.4 Å². The van der Waals surface area contributed by atoms with Crippen LogP contribution in [0.2, 0.25) is 0 Å². The van der Waals surface area contributed by atoms with E-state index in [0.29, 0.717) is 22.9 Å². The van der Waals surface area contributed by atoms with E-state index in [4.69, 9.17) is 9.68 Å². The molecule has 0 saturated carbocycles. The van der Waals surface area contributed by atoms with Gasteiger partial charge in [0.1, 0.15) is 6.07 Å². The van der Waals surface area contributed by atoms with Crippen LogP contribution in [-0.4, -0.2) is 29.0 Å². The van der Waals surface area contributed by atoms with Gasteiger partial charge in [-0.15, -0.1) is 0 Å². The van der Waals surface area contributed by atoms with Crippen molar-refractivity contribution >= 4 is 17.7 Å². The molecule has 2 aromatic rings. The molecule has 1 aromatic heterocycles. The third-order valence-electron chi connectivity index (χ3n) is 4.53. The number of oxazole rings is 1. The molecule has 7 heteroatoms. The summed E-state index contributed by atoms with van der Waals surface area (Å²) in [5, 5.41) is 15.8. The lowest BCUT2D eigenvalue weighted by atomic mass is 9.95. The molecule has 1 aromatic carbocycles. The summed E-state index contributed by atoms with van der Waals surface area (Å²) in [5.41, 5.74) is 0.646. The van der Waals surface area contributed by atoms with E-state index in [-0.39, 0.29) is 17.7 Å². The van der Waals surface area contributed by atoms with E-state index in [0.717, 1.165) is 17.7 Å². The molecule has 6 nitrogen and oxygen atoms in total. The summed E-state index contributed by atoms with van der Waals surface area (Å²) < 4.78 is 5.24. The van der Waals surface area contributed by atoms with Crippen LogP contribution in [0.5, 0.6) is 0 Å². The second-order valence-electron chi connectivity index (χ2n) is 6.09. The summed E-state index contributed by atoms with van der Waals surface area (Å²) >= 11 is 1.32. The van der Waals surface area contributed by atoms with E-state index in [9.17, 15) is 4.79 Å². The molecule has 3 atom stereocenters. The smallest absolute Gasteiger partial charge is 0.261 e. The average Bonchev–Trinajstić information content (AvgIpc) is 3.32. The van der Waals surface area contributed by atoms with Crippen LogP contribution < -0.4 is 10.6 Å². The lowest BCUT2D eigenvalue weighted by Crippen LogP contribution is -2.42. The van der Waals surface area contributed by atoms with Crippen LogP contribution >= 0.6 is 11.8 Å². The highest BCUT2D eigenvalue weighted by atomic mass is 32.2. The van der Waals surface area contributed by atoms with Crippen molar-refractivity contribution in [1.82, 2.24) is 15.6 Å². The van der Waals surface area contributed by atoms with Crippen molar-refractivity contribution in [3.8, 4) is 6.07 Å². The molecule has 1 amide bonds. The van der Waals surface area contributed by atoms with Gasteiger partial charge in [-0.3, -0.25) is 4.79 Å². The maximum Gasteiger partial charge on any atom is 0.261 e. The van der Waals surface area contributed by atoms with Crippen LogP contribution in [-0.2, 0) is 0 Å². The van der Waals surface area contributed by atoms with Crippen molar-refractivity contribution in [1.29, 1.82) is 5.26 Å². The first-order valence-corrected chi connectivity index (χ1v) is 8.73. The van der Waals surface area contributed by atoms with Crippen molar-refractivity contribution in [3.05, 3.63) is 41.8 Å². The molecule has 122 valence electrons. The first kappa shape index (κ1) is 15.2. The van der Waals surface area contributed by atoms with Gasteiger partial charge in [-0.25, -0.2) is 4.98 Å². The quantitative estimate of drug-likeness (QED) is 0.887. The van der Waals surface area contributed by atoms with E-state index < -0.39 is 0 Å². The monoisotopic (exact) mass is 340 g/mol. The topological polar surface area (TPSA) is 91.0 Å². The van der Waals surface area contributed by atoms with Gasteiger partial charge in [0.05, 0.1) is 6.20 Å². The number of fused-ring (bicyclic) bond motifs is 2. The fraction of sp³-hybridized carbons (Fsp3) is 0.353. The Balaban J connectivity index is 1.38. The van der Waals surface area contributed by atoms with Crippen LogP contribution in [0.3, 0.4) is 0 Å². The number of nitriles is 1. The largest absolute Gasteiger partial charge is 0.420 e. The van der Waals surface area contributed by atoms with Crippen LogP contribution in [0.25, 0.3) is 0 Å². The molecule has 3 unspecified atom stereocenters. The third kappa shape index (κ3) is 3.03. The van der Waals surface area contributed by atoms with Gasteiger partial charge in [0, 0.05) is 28.6 Å². The van der Waals surface area contributed by atoms with Crippen LogP contribution in [0, 0.1) is 11.3 Å². The summed E-state index contributed by atoms with van der Waals surface area (Å²) in [6, 6.07) is 10.4. The van der Waals surface area contributed by atoms with Gasteiger partial charge in [-0.2, -0.15) is 5.26 Å². The Kier molecular flexibility index (Phi) is 4.00. The highest BCUT2D eigenvalue weighted by Crippen LogP contribution is 2.29. The third-order valence-corrected chi connectivity index (χ3v) is 5.40. The molecule has 0 spiro atoms. The number of nitrogens with one attached hydrogen (secondary N) is 2. The zero-order chi connectivity index (χ0) is 16.5. The lowest BCUT2D eigenvalue weighted by molar-refractivity contribution is 0.0931. The van der Waals surface area contributed by atoms with Gasteiger partial charge in [-0.05, 0) is 55.3 Å². The Hall–Kier alpha value is -2.30. The molecule has 2 saturated heterocycles. The van der Waals surface area contributed by atoms with Crippen molar-refractivity contribution in [3.63, 3.8) is 0 Å². The summed E-state index contributed by atoms with van der Waals surface area (Å²) in [5.74, 6) is 0.154. The number of carbonyl (C=O) groups excluding carboxylic acids is 1. The highest BCUT2D eigenvalue weighted by Gasteiger charge is 2.39. The van der Waals surface area contributed by atoms with Crippen molar-refractivity contribution in [2.45, 2.75) is 47.5 Å². The minimum Gasteiger partial charge on any atom is -0.420 e. The molecule has 4 rings (SSSR count). The maximum absolute atomic E-state index is 12.4. The first-order valence-electron chi connectivity index (χ1n) is 7.92. The van der Waals surface area contributed by atoms with Gasteiger partial charge in [0.15, 0.2) is 0 Å². The van der Waals surface area contributed by atoms with Crippen molar-refractivity contribution < 1.29 is 9.21 Å². The number of hydrogen-bond donors (Lipinski definition) is 2. The number of rotatable bonds is 4. The highest BCUT2D eigenvalue weighted by molar-refractivity contribution is 7.99. The van der Waals surface area contributed by atoms with E-state index in [2.05, 4.69) is 15.6 Å². The number of benzene rings is 1. The molecule has 0 aliphatic carbocycles. The molecule has 2 N–H and O–H groups in total. The lowest BCUT2D eigenvalue weighted by Gasteiger charge is -2.21. The zero-order valence-corrected chi connectivity index (χ0v) is 13.7. The predicted octanol–water partition coefficient (Wildman–Crippen LogP) is 2.32. The molecule has 2 bridgehead atoms. The van der Waals surface area contributed by atoms with Gasteiger partial charge in [0.25, 0.3) is 11.1 Å². The molecule has 2 aliphatic heterocycles. The molecular weight excluding hydrogens is 324 g/mol. The minimum absolute atomic E-state index is 0.0335. The summed E-state index contributed by atoms with van der Waals surface area (Å²) in [4.78, 5) is 17.3. The van der Waals surface area contributed by atoms with E-state index in [1.807, 2.05) is 18.2 Å². The number of amides is 1. The Morgan fingerprint density at radius 2 is 2.21 bits per heavy atom. The standard InChI is InChI=1S/C17H16N4O2S/c18-8-12-9-19-17(23-12)24-13-4-1-10(2-5-13)16(22)21-15-7-11-3-6-14(15)20-11/h1-2,4-5,9,11,14-15,20H,3,6-7H2,(H,21,22). The zero-order valence-electron chi connectivity index (χ0n) is 12.9. The van der Waals surface area contributed by atoms with Gasteiger partial charge in [-0.1, -0.05) is 0 Å². The normalized spacial score (nSPS) is 24.7. The number of carbonyl (C=O) groups is 1. The second-order valence-corrected chi connectivity index (χ2v) is 7.12. The summed E-state index contributed by atoms with van der Waals surface area (Å²) in [7, 11) is 0. The Morgan fingerprint density at radius 3 is 2.83 bits per heavy atom. The first-order chi connectivity index (χ1) is 11.7. The Morgan fingerprint density at radius 1 is 1.38 bits per heavy atom. The Labute approximate surface area is 143 Å². The Bertz CT molecular complexity index is 796. The number of hydrogen-bond acceptors (Lipinski definition) is 6. The molecule has 2 aliphatic rings.